The second-order valence-electron chi connectivity index (χ2n) is 7.58. The Bertz CT molecular complexity index is 1370. The van der Waals surface area contributed by atoms with Crippen LogP contribution >= 0.6 is 0 Å². The van der Waals surface area contributed by atoms with Gasteiger partial charge in [-0.1, -0.05) is 18.1 Å². The van der Waals surface area contributed by atoms with E-state index in [-0.39, 0.29) is 29.7 Å². The molecule has 3 aromatic rings. The Labute approximate surface area is 198 Å². The predicted molar refractivity (Wildman–Crippen MR) is 129 cm³/mol. The Balaban J connectivity index is 1.71. The number of amides is 2. The van der Waals surface area contributed by atoms with Crippen molar-refractivity contribution in [1.82, 2.24) is 15.1 Å². The van der Waals surface area contributed by atoms with Gasteiger partial charge in [-0.15, -0.1) is 6.42 Å². The number of hydrogen-bond donors (Lipinski definition) is 3. The van der Waals surface area contributed by atoms with Crippen LogP contribution in [-0.2, 0) is 21.2 Å². The van der Waals surface area contributed by atoms with Crippen molar-refractivity contribution >= 4 is 27.5 Å². The van der Waals surface area contributed by atoms with E-state index in [1.54, 1.807) is 41.1 Å². The molecule has 2 amide bonds. The van der Waals surface area contributed by atoms with Gasteiger partial charge in [-0.25, -0.2) is 18.2 Å². The normalized spacial score (nSPS) is 11.0. The Kier molecular flexibility index (Phi) is 7.50. The highest BCUT2D eigenvalue weighted by Crippen LogP contribution is 2.21. The van der Waals surface area contributed by atoms with E-state index in [0.29, 0.717) is 23.4 Å². The summed E-state index contributed by atoms with van der Waals surface area (Å²) in [6.45, 7) is 3.82. The Morgan fingerprint density at radius 1 is 1.12 bits per heavy atom. The molecule has 4 N–H and O–H groups in total. The molecule has 0 spiro atoms. The van der Waals surface area contributed by atoms with Crippen LogP contribution in [0.2, 0.25) is 0 Å². The summed E-state index contributed by atoms with van der Waals surface area (Å²) in [5.74, 6) is 1.73. The van der Waals surface area contributed by atoms with Crippen LogP contribution in [0.5, 0.6) is 0 Å². The van der Waals surface area contributed by atoms with E-state index in [0.717, 1.165) is 17.0 Å². The van der Waals surface area contributed by atoms with Crippen LogP contribution in [0.1, 0.15) is 33.7 Å². The van der Waals surface area contributed by atoms with E-state index in [9.17, 15) is 18.0 Å². The summed E-state index contributed by atoms with van der Waals surface area (Å²) in [6, 6.07) is 12.8. The number of rotatable bonds is 8. The molecule has 10 heteroatoms. The number of nitrogens with one attached hydrogen (secondary N) is 2. The fourth-order valence-corrected chi connectivity index (χ4v) is 4.05. The van der Waals surface area contributed by atoms with Crippen molar-refractivity contribution in [3.8, 4) is 18.0 Å². The summed E-state index contributed by atoms with van der Waals surface area (Å²) in [6.07, 6.45) is 5.80. The van der Waals surface area contributed by atoms with Gasteiger partial charge in [0.15, 0.2) is 0 Å². The fraction of sp³-hybridized carbons (Fsp3) is 0.208. The molecular weight excluding hydrogens is 454 g/mol. The molecule has 1 aromatic heterocycles. The van der Waals surface area contributed by atoms with Crippen LogP contribution in [0.15, 0.2) is 53.4 Å². The largest absolute Gasteiger partial charge is 0.341 e. The summed E-state index contributed by atoms with van der Waals surface area (Å²) in [7, 11) is -3.78. The third-order valence-corrected chi connectivity index (χ3v) is 6.18. The van der Waals surface area contributed by atoms with Gasteiger partial charge in [0.2, 0.25) is 15.9 Å². The summed E-state index contributed by atoms with van der Waals surface area (Å²) in [5, 5.41) is 15.1. The highest BCUT2D eigenvalue weighted by atomic mass is 32.2. The number of carbonyl (C=O) groups excluding carboxylic acids is 2. The number of sulfonamides is 1. The molecule has 3 rings (SSSR count). The van der Waals surface area contributed by atoms with E-state index in [1.807, 2.05) is 13.8 Å². The highest BCUT2D eigenvalue weighted by Gasteiger charge is 2.17. The average molecular weight is 480 g/mol. The zero-order chi connectivity index (χ0) is 24.9. The molecule has 0 saturated carbocycles. The number of carbonyl (C=O) groups is 2. The first-order valence-corrected chi connectivity index (χ1v) is 12.0. The lowest BCUT2D eigenvalue weighted by molar-refractivity contribution is -0.116. The van der Waals surface area contributed by atoms with E-state index in [4.69, 9.17) is 11.6 Å². The van der Waals surface area contributed by atoms with Gasteiger partial charge < -0.3 is 10.6 Å². The van der Waals surface area contributed by atoms with Crippen LogP contribution in [0.3, 0.4) is 0 Å². The molecule has 0 fully saturated rings. The maximum absolute atomic E-state index is 12.6. The molecule has 9 nitrogen and oxygen atoms in total. The maximum atomic E-state index is 12.6. The SMILES string of the molecule is C#CCNC(=O)c1ccccc1NC(=O)CCc1c(C)nn(-c2ccc(S(N)(=O)=O)cc2)c1C. The number of primary sulfonamides is 1. The van der Waals surface area contributed by atoms with Crippen LogP contribution in [0, 0.1) is 26.2 Å². The van der Waals surface area contributed by atoms with E-state index in [1.165, 1.54) is 12.1 Å². The third kappa shape index (κ3) is 5.70. The molecule has 0 bridgehead atoms. The fourth-order valence-electron chi connectivity index (χ4n) is 3.53. The zero-order valence-electron chi connectivity index (χ0n) is 18.8. The van der Waals surface area contributed by atoms with Crippen LogP contribution in [-0.4, -0.2) is 36.6 Å². The number of benzene rings is 2. The van der Waals surface area contributed by atoms with Gasteiger partial charge in [-0.2, -0.15) is 5.10 Å². The van der Waals surface area contributed by atoms with Crippen molar-refractivity contribution < 1.29 is 18.0 Å². The number of terminal acetylenes is 1. The average Bonchev–Trinajstić information content (AvgIpc) is 3.09. The Morgan fingerprint density at radius 2 is 1.79 bits per heavy atom. The van der Waals surface area contributed by atoms with Crippen LogP contribution < -0.4 is 15.8 Å². The number of anilines is 1. The second kappa shape index (κ2) is 10.3. The van der Waals surface area contributed by atoms with E-state index in [2.05, 4.69) is 21.7 Å². The van der Waals surface area contributed by atoms with Gasteiger partial charge in [-0.05, 0) is 62.2 Å². The van der Waals surface area contributed by atoms with Gasteiger partial charge in [0.05, 0.1) is 34.1 Å². The number of nitrogens with zero attached hydrogens (tertiary/aromatic N) is 2. The Hall–Kier alpha value is -3.94. The van der Waals surface area contributed by atoms with Crippen LogP contribution in [0.4, 0.5) is 5.69 Å². The lowest BCUT2D eigenvalue weighted by Crippen LogP contribution is -2.25. The zero-order valence-corrected chi connectivity index (χ0v) is 19.6. The van der Waals surface area contributed by atoms with Crippen molar-refractivity contribution in [1.29, 1.82) is 0 Å². The van der Waals surface area contributed by atoms with Gasteiger partial charge in [0, 0.05) is 12.1 Å². The quantitative estimate of drug-likeness (QED) is 0.425. The number of aromatic nitrogens is 2. The molecular formula is C24H25N5O4S. The summed E-state index contributed by atoms with van der Waals surface area (Å²) < 4.78 is 24.7. The smallest absolute Gasteiger partial charge is 0.254 e. The maximum Gasteiger partial charge on any atom is 0.254 e. The van der Waals surface area contributed by atoms with Crippen molar-refractivity contribution in [2.24, 2.45) is 5.14 Å². The first kappa shape index (κ1) is 24.7. The molecule has 0 aliphatic heterocycles. The Morgan fingerprint density at radius 3 is 2.44 bits per heavy atom. The summed E-state index contributed by atoms with van der Waals surface area (Å²) >= 11 is 0. The molecule has 0 unspecified atom stereocenters. The predicted octanol–water partition coefficient (Wildman–Crippen LogP) is 2.07. The topological polar surface area (TPSA) is 136 Å². The summed E-state index contributed by atoms with van der Waals surface area (Å²) in [5.41, 5.74) is 3.91. The van der Waals surface area contributed by atoms with Crippen LogP contribution in [0.25, 0.3) is 5.69 Å². The number of aryl methyl sites for hydroxylation is 1. The van der Waals surface area contributed by atoms with E-state index < -0.39 is 10.0 Å². The molecule has 0 atom stereocenters. The molecule has 2 aromatic carbocycles. The van der Waals surface area contributed by atoms with E-state index >= 15 is 0 Å². The first-order chi connectivity index (χ1) is 16.1. The molecule has 0 aliphatic rings. The molecule has 0 radical (unpaired) electrons. The number of nitrogens with two attached hydrogens (primary N) is 1. The summed E-state index contributed by atoms with van der Waals surface area (Å²) in [4.78, 5) is 24.9. The standard InChI is InChI=1S/C24H25N5O4S/c1-4-15-26-24(31)21-7-5-6-8-22(21)27-23(30)14-13-20-16(2)28-29(17(20)3)18-9-11-19(12-10-18)34(25,32)33/h1,5-12H,13-15H2,2-3H3,(H,26,31)(H,27,30)(H2,25,32,33). The second-order valence-corrected chi connectivity index (χ2v) is 9.14. The van der Waals surface area contributed by atoms with Gasteiger partial charge in [0.25, 0.3) is 5.91 Å². The molecule has 0 saturated heterocycles. The number of hydrogen-bond acceptors (Lipinski definition) is 5. The lowest BCUT2D eigenvalue weighted by Gasteiger charge is -2.11. The van der Waals surface area contributed by atoms with Gasteiger partial charge in [0.1, 0.15) is 0 Å². The number of para-hydroxylation sites is 1. The van der Waals surface area contributed by atoms with Crippen molar-refractivity contribution in [2.75, 3.05) is 11.9 Å². The molecule has 34 heavy (non-hydrogen) atoms. The molecule has 1 heterocycles. The van der Waals surface area contributed by atoms with Crippen molar-refractivity contribution in [3.63, 3.8) is 0 Å². The molecule has 176 valence electrons. The van der Waals surface area contributed by atoms with Crippen molar-refractivity contribution in [3.05, 3.63) is 71.0 Å². The lowest BCUT2D eigenvalue weighted by atomic mass is 10.1. The minimum Gasteiger partial charge on any atom is -0.341 e. The monoisotopic (exact) mass is 479 g/mol. The minimum absolute atomic E-state index is 0.0166. The van der Waals surface area contributed by atoms with Gasteiger partial charge >= 0.3 is 0 Å². The minimum atomic E-state index is -3.78. The van der Waals surface area contributed by atoms with Crippen molar-refractivity contribution in [2.45, 2.75) is 31.6 Å². The molecule has 0 aliphatic carbocycles. The third-order valence-electron chi connectivity index (χ3n) is 5.25. The van der Waals surface area contributed by atoms with Gasteiger partial charge in [-0.3, -0.25) is 9.59 Å². The highest BCUT2D eigenvalue weighted by molar-refractivity contribution is 7.89. The first-order valence-electron chi connectivity index (χ1n) is 10.4.